The predicted molar refractivity (Wildman–Crippen MR) is 107 cm³/mol. The number of hydrogen-bond donors (Lipinski definition) is 0. The highest BCUT2D eigenvalue weighted by molar-refractivity contribution is 5.59. The number of benzene rings is 2. The Kier molecular flexibility index (Phi) is 5.66. The van der Waals surface area contributed by atoms with Crippen LogP contribution in [0.4, 0.5) is 11.4 Å². The lowest BCUT2D eigenvalue weighted by Gasteiger charge is -2.42. The summed E-state index contributed by atoms with van der Waals surface area (Å²) in [4.78, 5) is 14.2. The summed E-state index contributed by atoms with van der Waals surface area (Å²) in [6.07, 6.45) is 2.78. The van der Waals surface area contributed by atoms with E-state index in [-0.39, 0.29) is 35.3 Å². The number of hydrogen-bond acceptors (Lipinski definition) is 4. The van der Waals surface area contributed by atoms with Gasteiger partial charge in [0.05, 0.1) is 23.0 Å². The third-order valence-corrected chi connectivity index (χ3v) is 5.75. The Labute approximate surface area is 165 Å². The van der Waals surface area contributed by atoms with Gasteiger partial charge >= 0.3 is 5.69 Å². The van der Waals surface area contributed by atoms with Crippen molar-refractivity contribution in [1.29, 1.82) is 0 Å². The van der Waals surface area contributed by atoms with Gasteiger partial charge in [0, 0.05) is 13.2 Å². The van der Waals surface area contributed by atoms with E-state index in [2.05, 4.69) is 30.0 Å². The van der Waals surface area contributed by atoms with Gasteiger partial charge in [-0.25, -0.2) is 4.85 Å². The summed E-state index contributed by atoms with van der Waals surface area (Å²) in [6, 6.07) is 10.7. The van der Waals surface area contributed by atoms with Crippen molar-refractivity contribution in [3.63, 3.8) is 0 Å². The number of nitro benzene ring substituents is 1. The number of fused-ring (bicyclic) bond motifs is 1. The molecule has 1 unspecified atom stereocenters. The van der Waals surface area contributed by atoms with Crippen molar-refractivity contribution in [3.05, 3.63) is 74.6 Å². The molecule has 0 amide bonds. The van der Waals surface area contributed by atoms with Crippen LogP contribution in [0.1, 0.15) is 36.5 Å². The highest BCUT2D eigenvalue weighted by Crippen LogP contribution is 2.43. The van der Waals surface area contributed by atoms with Crippen molar-refractivity contribution < 1.29 is 14.4 Å². The summed E-state index contributed by atoms with van der Waals surface area (Å²) in [5.41, 5.74) is 3.34. The van der Waals surface area contributed by atoms with E-state index in [0.717, 1.165) is 19.3 Å². The summed E-state index contributed by atoms with van der Waals surface area (Å²) in [5, 5.41) is 11.4. The van der Waals surface area contributed by atoms with Gasteiger partial charge in [-0.05, 0) is 50.3 Å². The van der Waals surface area contributed by atoms with Gasteiger partial charge in [0.15, 0.2) is 11.4 Å². The molecule has 0 heterocycles. The molecule has 2 aromatic rings. The van der Waals surface area contributed by atoms with Crippen LogP contribution in [0.2, 0.25) is 0 Å². The molecule has 0 N–H and O–H groups in total. The van der Waals surface area contributed by atoms with Crippen LogP contribution in [0.5, 0.6) is 5.75 Å². The quantitative estimate of drug-likeness (QED) is 0.395. The SMILES string of the molecule is [C-]#[N+]c1ccc(OC[C@@]2(C(C)OC)CCCc3cc(C)ccc32)c([N+](=O)[O-])c1. The lowest BCUT2D eigenvalue weighted by molar-refractivity contribution is -0.385. The van der Waals surface area contributed by atoms with Crippen LogP contribution < -0.4 is 4.74 Å². The standard InChI is InChI=1S/C22H24N2O4/c1-15-7-9-19-17(12-15)6-5-11-22(19,16(2)27-4)14-28-21-10-8-18(23-3)13-20(21)24(25)26/h7-10,12-13,16H,5-6,11,14H2,1-2,4H3/t16?,22-/m1/s1. The molecule has 0 fully saturated rings. The van der Waals surface area contributed by atoms with Gasteiger partial charge in [-0.3, -0.25) is 10.1 Å². The summed E-state index contributed by atoms with van der Waals surface area (Å²) in [6.45, 7) is 11.4. The molecule has 0 spiro atoms. The van der Waals surface area contributed by atoms with Crippen molar-refractivity contribution in [2.24, 2.45) is 0 Å². The molecule has 6 nitrogen and oxygen atoms in total. The summed E-state index contributed by atoms with van der Waals surface area (Å²) in [7, 11) is 1.68. The zero-order valence-corrected chi connectivity index (χ0v) is 16.4. The van der Waals surface area contributed by atoms with Gasteiger partial charge < -0.3 is 9.47 Å². The molecule has 0 bridgehead atoms. The molecular formula is C22H24N2O4. The van der Waals surface area contributed by atoms with Crippen molar-refractivity contribution in [3.8, 4) is 5.75 Å². The first-order valence-electron chi connectivity index (χ1n) is 9.33. The van der Waals surface area contributed by atoms with E-state index < -0.39 is 4.92 Å². The molecule has 0 radical (unpaired) electrons. The fourth-order valence-electron chi connectivity index (χ4n) is 4.11. The van der Waals surface area contributed by atoms with Gasteiger partial charge in [0.2, 0.25) is 0 Å². The van der Waals surface area contributed by atoms with Gasteiger partial charge in [-0.2, -0.15) is 0 Å². The first kappa shape index (κ1) is 19.8. The van der Waals surface area contributed by atoms with Gasteiger partial charge in [-0.15, -0.1) is 0 Å². The van der Waals surface area contributed by atoms with Gasteiger partial charge in [0.25, 0.3) is 0 Å². The van der Waals surface area contributed by atoms with Crippen LogP contribution in [-0.2, 0) is 16.6 Å². The number of nitrogens with zero attached hydrogens (tertiary/aromatic N) is 2. The fraction of sp³-hybridized carbons (Fsp3) is 0.409. The van der Waals surface area contributed by atoms with Crippen molar-refractivity contribution in [1.82, 2.24) is 0 Å². The Bertz CT molecular complexity index is 935. The molecule has 0 saturated heterocycles. The monoisotopic (exact) mass is 380 g/mol. The van der Waals surface area contributed by atoms with E-state index in [4.69, 9.17) is 16.0 Å². The lowest BCUT2D eigenvalue weighted by atomic mass is 9.67. The molecule has 28 heavy (non-hydrogen) atoms. The Morgan fingerprint density at radius 1 is 1.32 bits per heavy atom. The number of rotatable bonds is 6. The Balaban J connectivity index is 1.99. The van der Waals surface area contributed by atoms with E-state index >= 15 is 0 Å². The number of aryl methyl sites for hydroxylation is 2. The third-order valence-electron chi connectivity index (χ3n) is 5.75. The Morgan fingerprint density at radius 3 is 2.79 bits per heavy atom. The molecular weight excluding hydrogens is 356 g/mol. The number of nitro groups is 1. The van der Waals surface area contributed by atoms with Crippen molar-refractivity contribution in [2.75, 3.05) is 13.7 Å². The van der Waals surface area contributed by atoms with Crippen molar-refractivity contribution >= 4 is 11.4 Å². The minimum absolute atomic E-state index is 0.115. The van der Waals surface area contributed by atoms with E-state index in [1.165, 1.54) is 28.8 Å². The van der Waals surface area contributed by atoms with Crippen LogP contribution in [0.25, 0.3) is 4.85 Å². The highest BCUT2D eigenvalue weighted by atomic mass is 16.6. The third kappa shape index (κ3) is 3.58. The maximum Gasteiger partial charge on any atom is 0.300 e. The summed E-state index contributed by atoms with van der Waals surface area (Å²) >= 11 is 0. The molecule has 0 aliphatic heterocycles. The van der Waals surface area contributed by atoms with Crippen LogP contribution in [0.15, 0.2) is 36.4 Å². The smallest absolute Gasteiger partial charge is 0.300 e. The van der Waals surface area contributed by atoms with Gasteiger partial charge in [-0.1, -0.05) is 29.8 Å². The second-order valence-electron chi connectivity index (χ2n) is 7.36. The first-order chi connectivity index (χ1) is 13.4. The maximum atomic E-state index is 11.4. The average Bonchev–Trinajstić information content (AvgIpc) is 2.70. The number of ether oxygens (including phenoxy) is 2. The molecule has 1 aliphatic carbocycles. The van der Waals surface area contributed by atoms with Gasteiger partial charge in [0.1, 0.15) is 6.61 Å². The maximum absolute atomic E-state index is 11.4. The van der Waals surface area contributed by atoms with E-state index in [1.54, 1.807) is 13.2 Å². The molecule has 2 atom stereocenters. The molecule has 2 aromatic carbocycles. The molecule has 146 valence electrons. The van der Waals surface area contributed by atoms with Crippen molar-refractivity contribution in [2.45, 2.75) is 44.6 Å². The fourth-order valence-corrected chi connectivity index (χ4v) is 4.11. The second kappa shape index (κ2) is 7.99. The minimum atomic E-state index is -0.505. The summed E-state index contributed by atoms with van der Waals surface area (Å²) < 4.78 is 11.8. The largest absolute Gasteiger partial charge is 0.486 e. The van der Waals surface area contributed by atoms with Crippen LogP contribution in [0, 0.1) is 23.6 Å². The Hall–Kier alpha value is -2.91. The lowest BCUT2D eigenvalue weighted by Crippen LogP contribution is -2.46. The zero-order chi connectivity index (χ0) is 20.3. The molecule has 0 aromatic heterocycles. The first-order valence-corrected chi connectivity index (χ1v) is 9.33. The summed E-state index contributed by atoms with van der Waals surface area (Å²) in [5.74, 6) is 0.180. The van der Waals surface area contributed by atoms with E-state index in [9.17, 15) is 10.1 Å². The number of methoxy groups -OCH3 is 1. The highest BCUT2D eigenvalue weighted by Gasteiger charge is 2.43. The van der Waals surface area contributed by atoms with Crippen LogP contribution in [-0.4, -0.2) is 24.7 Å². The van der Waals surface area contributed by atoms with Crippen LogP contribution in [0.3, 0.4) is 0 Å². The zero-order valence-electron chi connectivity index (χ0n) is 16.4. The van der Waals surface area contributed by atoms with E-state index in [0.29, 0.717) is 0 Å². The predicted octanol–water partition coefficient (Wildman–Crippen LogP) is 5.14. The molecule has 1 aliphatic rings. The average molecular weight is 380 g/mol. The second-order valence-corrected chi connectivity index (χ2v) is 7.36. The normalized spacial score (nSPS) is 19.4. The molecule has 0 saturated carbocycles. The van der Waals surface area contributed by atoms with E-state index in [1.807, 2.05) is 6.92 Å². The topological polar surface area (TPSA) is 66.0 Å². The molecule has 3 rings (SSSR count). The van der Waals surface area contributed by atoms with Crippen LogP contribution >= 0.6 is 0 Å². The molecule has 6 heteroatoms. The Morgan fingerprint density at radius 2 is 2.11 bits per heavy atom. The minimum Gasteiger partial charge on any atom is -0.486 e.